The molecule has 2 aliphatic rings. The molecule has 1 saturated heterocycles. The third kappa shape index (κ3) is 5.03. The highest BCUT2D eigenvalue weighted by Gasteiger charge is 2.21. The molecular formula is C26H33N5O2. The number of ether oxygens (including phenoxy) is 1. The van der Waals surface area contributed by atoms with Crippen LogP contribution < -0.4 is 15.2 Å². The van der Waals surface area contributed by atoms with Gasteiger partial charge < -0.3 is 14.6 Å². The zero-order valence-corrected chi connectivity index (χ0v) is 19.5. The van der Waals surface area contributed by atoms with Crippen molar-refractivity contribution in [1.82, 2.24) is 19.9 Å². The molecule has 33 heavy (non-hydrogen) atoms. The Balaban J connectivity index is 1.06. The molecule has 1 fully saturated rings. The fraction of sp³-hybridized carbons (Fsp3) is 0.500. The summed E-state index contributed by atoms with van der Waals surface area (Å²) < 4.78 is 5.78. The number of nitrogens with zero attached hydrogens (tertiary/aromatic N) is 4. The molecule has 1 aliphatic heterocycles. The predicted molar refractivity (Wildman–Crippen MR) is 131 cm³/mol. The molecule has 0 bridgehead atoms. The summed E-state index contributed by atoms with van der Waals surface area (Å²) in [6, 6.07) is 10.5. The van der Waals surface area contributed by atoms with Gasteiger partial charge in [0.25, 0.3) is 0 Å². The van der Waals surface area contributed by atoms with Crippen LogP contribution in [0.1, 0.15) is 42.5 Å². The van der Waals surface area contributed by atoms with Crippen LogP contribution in [-0.4, -0.2) is 59.2 Å². The molecule has 1 N–H and O–H groups in total. The molecule has 3 heterocycles. The zero-order valence-electron chi connectivity index (χ0n) is 19.5. The van der Waals surface area contributed by atoms with Crippen LogP contribution in [0.4, 0.5) is 5.69 Å². The number of rotatable bonds is 7. The van der Waals surface area contributed by atoms with E-state index in [0.29, 0.717) is 18.3 Å². The molecular weight excluding hydrogens is 414 g/mol. The van der Waals surface area contributed by atoms with Crippen molar-refractivity contribution >= 4 is 16.7 Å². The van der Waals surface area contributed by atoms with E-state index >= 15 is 0 Å². The van der Waals surface area contributed by atoms with Gasteiger partial charge in [-0.05, 0) is 75.3 Å². The minimum Gasteiger partial charge on any atom is -0.463 e. The minimum absolute atomic E-state index is 0.168. The lowest BCUT2D eigenvalue weighted by atomic mass is 9.90. The van der Waals surface area contributed by atoms with Gasteiger partial charge in [0, 0.05) is 43.3 Å². The van der Waals surface area contributed by atoms with Crippen molar-refractivity contribution in [2.75, 3.05) is 44.2 Å². The Kier molecular flexibility index (Phi) is 6.58. The summed E-state index contributed by atoms with van der Waals surface area (Å²) in [6.07, 6.45) is 7.19. The average molecular weight is 448 g/mol. The van der Waals surface area contributed by atoms with Crippen molar-refractivity contribution in [3.05, 3.63) is 57.5 Å². The molecule has 0 saturated carbocycles. The molecule has 3 aromatic rings. The Labute approximate surface area is 194 Å². The number of unbranched alkanes of at least 4 members (excludes halogenated alkanes) is 1. The Hall–Kier alpha value is -2.93. The Morgan fingerprint density at radius 2 is 1.85 bits per heavy atom. The lowest BCUT2D eigenvalue weighted by Gasteiger charge is -2.38. The number of benzene rings is 1. The summed E-state index contributed by atoms with van der Waals surface area (Å²) in [5, 5.41) is 0.845. The van der Waals surface area contributed by atoms with E-state index in [-0.39, 0.29) is 5.56 Å². The highest BCUT2D eigenvalue weighted by Crippen LogP contribution is 2.31. The van der Waals surface area contributed by atoms with Crippen LogP contribution in [-0.2, 0) is 12.8 Å². The first-order valence-electron chi connectivity index (χ1n) is 12.3. The van der Waals surface area contributed by atoms with Gasteiger partial charge in [-0.25, -0.2) is 0 Å². The van der Waals surface area contributed by atoms with E-state index in [2.05, 4.69) is 43.0 Å². The van der Waals surface area contributed by atoms with Crippen molar-refractivity contribution < 1.29 is 4.74 Å². The first kappa shape index (κ1) is 21.9. The van der Waals surface area contributed by atoms with Crippen LogP contribution in [0.25, 0.3) is 11.0 Å². The third-order valence-corrected chi connectivity index (χ3v) is 6.94. The summed E-state index contributed by atoms with van der Waals surface area (Å²) >= 11 is 0. The lowest BCUT2D eigenvalue weighted by Crippen LogP contribution is -2.47. The summed E-state index contributed by atoms with van der Waals surface area (Å²) in [6.45, 7) is 8.02. The van der Waals surface area contributed by atoms with Crippen molar-refractivity contribution in [1.29, 1.82) is 0 Å². The van der Waals surface area contributed by atoms with Gasteiger partial charge in [-0.3, -0.25) is 9.69 Å². The number of aryl methyl sites for hydroxylation is 2. The molecule has 0 atom stereocenters. The highest BCUT2D eigenvalue weighted by atomic mass is 16.5. The smallest absolute Gasteiger partial charge is 0.318 e. The second-order valence-corrected chi connectivity index (χ2v) is 9.18. The minimum atomic E-state index is -0.168. The highest BCUT2D eigenvalue weighted by molar-refractivity contribution is 5.76. The van der Waals surface area contributed by atoms with E-state index in [9.17, 15) is 4.79 Å². The van der Waals surface area contributed by atoms with Gasteiger partial charge in [0.05, 0.1) is 12.3 Å². The fourth-order valence-corrected chi connectivity index (χ4v) is 5.10. The molecule has 5 rings (SSSR count). The van der Waals surface area contributed by atoms with Crippen molar-refractivity contribution in [2.45, 2.75) is 45.4 Å². The third-order valence-electron chi connectivity index (χ3n) is 6.94. The maximum Gasteiger partial charge on any atom is 0.318 e. The molecule has 0 unspecified atom stereocenters. The molecule has 174 valence electrons. The number of aromatic nitrogens is 3. The Bertz CT molecular complexity index is 1170. The number of hydrogen-bond acceptors (Lipinski definition) is 6. The number of piperazine rings is 1. The van der Waals surface area contributed by atoms with Gasteiger partial charge in [-0.15, -0.1) is 0 Å². The normalized spacial score (nSPS) is 16.7. The number of fused-ring (bicyclic) bond motifs is 2. The van der Waals surface area contributed by atoms with E-state index < -0.39 is 0 Å². The number of aromatic amines is 1. The van der Waals surface area contributed by atoms with Gasteiger partial charge in [-0.1, -0.05) is 12.1 Å². The largest absolute Gasteiger partial charge is 0.463 e. The first-order valence-corrected chi connectivity index (χ1v) is 12.3. The molecule has 1 aromatic carbocycles. The first-order chi connectivity index (χ1) is 16.2. The van der Waals surface area contributed by atoms with Crippen LogP contribution in [0.3, 0.4) is 0 Å². The van der Waals surface area contributed by atoms with Crippen LogP contribution >= 0.6 is 0 Å². The summed E-state index contributed by atoms with van der Waals surface area (Å²) in [5.41, 5.74) is 5.82. The second kappa shape index (κ2) is 9.91. The maximum atomic E-state index is 11.6. The lowest BCUT2D eigenvalue weighted by molar-refractivity contribution is 0.234. The van der Waals surface area contributed by atoms with E-state index in [0.717, 1.165) is 56.6 Å². The predicted octanol–water partition coefficient (Wildman–Crippen LogP) is 3.49. The van der Waals surface area contributed by atoms with E-state index in [1.54, 1.807) is 17.2 Å². The number of nitrogens with one attached hydrogen (secondary N) is 1. The van der Waals surface area contributed by atoms with Crippen molar-refractivity contribution in [3.8, 4) is 6.01 Å². The van der Waals surface area contributed by atoms with Crippen LogP contribution in [0.15, 0.2) is 35.1 Å². The van der Waals surface area contributed by atoms with Crippen molar-refractivity contribution in [2.24, 2.45) is 0 Å². The molecule has 0 radical (unpaired) electrons. The number of pyridine rings is 1. The molecule has 0 spiro atoms. The average Bonchev–Trinajstić information content (AvgIpc) is 2.84. The van der Waals surface area contributed by atoms with Gasteiger partial charge in [0.15, 0.2) is 0 Å². The van der Waals surface area contributed by atoms with Crippen molar-refractivity contribution in [3.63, 3.8) is 0 Å². The van der Waals surface area contributed by atoms with E-state index in [1.807, 2.05) is 6.92 Å². The molecule has 7 nitrogen and oxygen atoms in total. The van der Waals surface area contributed by atoms with Crippen LogP contribution in [0.5, 0.6) is 6.01 Å². The van der Waals surface area contributed by atoms with Gasteiger partial charge in [0.1, 0.15) is 5.65 Å². The monoisotopic (exact) mass is 447 g/mol. The molecule has 1 aliphatic carbocycles. The summed E-state index contributed by atoms with van der Waals surface area (Å²) in [7, 11) is 0. The van der Waals surface area contributed by atoms with Gasteiger partial charge in [-0.2, -0.15) is 9.97 Å². The molecule has 0 amide bonds. The SMILES string of the molecule is Cc1nc(OCCCCN2CCN(c3cccc4c3CCCC4)CC2)nc2[nH]c(=O)ccc12. The molecule has 2 aromatic heterocycles. The number of H-pyrrole nitrogens is 1. The summed E-state index contributed by atoms with van der Waals surface area (Å²) in [4.78, 5) is 28.2. The zero-order chi connectivity index (χ0) is 22.6. The second-order valence-electron chi connectivity index (χ2n) is 9.18. The number of anilines is 1. The van der Waals surface area contributed by atoms with Gasteiger partial charge in [0.2, 0.25) is 5.56 Å². The number of hydrogen-bond donors (Lipinski definition) is 1. The Morgan fingerprint density at radius 1 is 1.00 bits per heavy atom. The summed E-state index contributed by atoms with van der Waals surface area (Å²) in [5.74, 6) is 0. The van der Waals surface area contributed by atoms with E-state index in [1.165, 1.54) is 37.4 Å². The topological polar surface area (TPSA) is 74.3 Å². The van der Waals surface area contributed by atoms with E-state index in [4.69, 9.17) is 4.74 Å². The van der Waals surface area contributed by atoms with Crippen LogP contribution in [0, 0.1) is 6.92 Å². The van der Waals surface area contributed by atoms with Gasteiger partial charge >= 0.3 is 6.01 Å². The maximum absolute atomic E-state index is 11.6. The molecule has 7 heteroatoms. The standard InChI is InChI=1S/C26H33N5O2/c1-19-21-11-12-24(32)28-25(21)29-26(27-19)33-18-5-4-13-30-14-16-31(17-15-30)23-10-6-8-20-7-2-3-9-22(20)23/h6,8,10-12H,2-5,7,9,13-18H2,1H3,(H,27,28,29,32). The Morgan fingerprint density at radius 3 is 2.73 bits per heavy atom. The quantitative estimate of drug-likeness (QED) is 0.559. The van der Waals surface area contributed by atoms with Crippen LogP contribution in [0.2, 0.25) is 0 Å². The fourth-order valence-electron chi connectivity index (χ4n) is 5.10.